The van der Waals surface area contributed by atoms with Gasteiger partial charge in [0.15, 0.2) is 0 Å². The summed E-state index contributed by atoms with van der Waals surface area (Å²) in [5, 5.41) is 0.974. The predicted octanol–water partition coefficient (Wildman–Crippen LogP) is 3.45. The standard InChI is InChI=1S/C12H12Cl2N2O/c1-7-5-6-17-12(7)11(16-15)8-3-2-4-9(13)10(8)14/h2-6,11,16H,15H2,1H3. The van der Waals surface area contributed by atoms with Gasteiger partial charge in [0.1, 0.15) is 11.8 Å². The molecule has 3 N–H and O–H groups in total. The quantitative estimate of drug-likeness (QED) is 0.664. The topological polar surface area (TPSA) is 51.2 Å². The van der Waals surface area contributed by atoms with Crippen LogP contribution in [0, 0.1) is 6.92 Å². The number of rotatable bonds is 3. The zero-order chi connectivity index (χ0) is 12.4. The van der Waals surface area contributed by atoms with E-state index >= 15 is 0 Å². The lowest BCUT2D eigenvalue weighted by molar-refractivity contribution is 0.449. The maximum Gasteiger partial charge on any atom is 0.129 e. The lowest BCUT2D eigenvalue weighted by Gasteiger charge is -2.17. The van der Waals surface area contributed by atoms with E-state index in [2.05, 4.69) is 5.43 Å². The van der Waals surface area contributed by atoms with Crippen LogP contribution in [0.25, 0.3) is 0 Å². The molecule has 90 valence electrons. The first kappa shape index (κ1) is 12.5. The summed E-state index contributed by atoms with van der Waals surface area (Å²) in [5.41, 5.74) is 4.49. The highest BCUT2D eigenvalue weighted by atomic mass is 35.5. The smallest absolute Gasteiger partial charge is 0.129 e. The van der Waals surface area contributed by atoms with Crippen molar-refractivity contribution >= 4 is 23.2 Å². The van der Waals surface area contributed by atoms with Crippen molar-refractivity contribution in [2.45, 2.75) is 13.0 Å². The van der Waals surface area contributed by atoms with Gasteiger partial charge in [-0.15, -0.1) is 0 Å². The summed E-state index contributed by atoms with van der Waals surface area (Å²) in [6, 6.07) is 6.98. The van der Waals surface area contributed by atoms with Crippen molar-refractivity contribution in [2.24, 2.45) is 5.84 Å². The Morgan fingerprint density at radius 2 is 2.06 bits per heavy atom. The highest BCUT2D eigenvalue weighted by Crippen LogP contribution is 2.33. The van der Waals surface area contributed by atoms with E-state index in [1.807, 2.05) is 25.1 Å². The van der Waals surface area contributed by atoms with Crippen molar-refractivity contribution in [1.29, 1.82) is 0 Å². The molecule has 3 nitrogen and oxygen atoms in total. The molecule has 1 heterocycles. The van der Waals surface area contributed by atoms with E-state index in [0.717, 1.165) is 16.9 Å². The first-order chi connectivity index (χ1) is 8.15. The second-order valence-corrected chi connectivity index (χ2v) is 4.50. The number of aryl methyl sites for hydroxylation is 1. The van der Waals surface area contributed by atoms with E-state index in [0.29, 0.717) is 10.0 Å². The van der Waals surface area contributed by atoms with Crippen LogP contribution in [0.15, 0.2) is 34.9 Å². The SMILES string of the molecule is Cc1ccoc1C(NN)c1cccc(Cl)c1Cl. The summed E-state index contributed by atoms with van der Waals surface area (Å²) in [4.78, 5) is 0. The molecular formula is C12H12Cl2N2O. The van der Waals surface area contributed by atoms with Gasteiger partial charge in [-0.25, -0.2) is 5.43 Å². The van der Waals surface area contributed by atoms with Crippen LogP contribution in [0.3, 0.4) is 0 Å². The molecule has 0 fully saturated rings. The lowest BCUT2D eigenvalue weighted by atomic mass is 10.0. The molecule has 1 atom stereocenters. The van der Waals surface area contributed by atoms with Crippen LogP contribution in [0.2, 0.25) is 10.0 Å². The van der Waals surface area contributed by atoms with Crippen molar-refractivity contribution in [3.8, 4) is 0 Å². The van der Waals surface area contributed by atoms with Crippen molar-refractivity contribution in [3.63, 3.8) is 0 Å². The zero-order valence-corrected chi connectivity index (χ0v) is 10.7. The summed E-state index contributed by atoms with van der Waals surface area (Å²) in [5.74, 6) is 6.31. The third-order valence-electron chi connectivity index (χ3n) is 2.62. The fourth-order valence-corrected chi connectivity index (χ4v) is 2.15. The lowest BCUT2D eigenvalue weighted by Crippen LogP contribution is -2.29. The van der Waals surface area contributed by atoms with Crippen molar-refractivity contribution in [3.05, 3.63) is 57.5 Å². The van der Waals surface area contributed by atoms with Gasteiger partial charge in [-0.2, -0.15) is 0 Å². The monoisotopic (exact) mass is 270 g/mol. The molecule has 0 aliphatic rings. The third-order valence-corrected chi connectivity index (χ3v) is 3.46. The molecule has 17 heavy (non-hydrogen) atoms. The van der Waals surface area contributed by atoms with Crippen LogP contribution in [-0.4, -0.2) is 0 Å². The molecule has 0 amide bonds. The minimum Gasteiger partial charge on any atom is -0.467 e. The Bertz CT molecular complexity index is 525. The first-order valence-corrected chi connectivity index (χ1v) is 5.84. The Hall–Kier alpha value is -1.000. The van der Waals surface area contributed by atoms with E-state index in [1.54, 1.807) is 12.3 Å². The average Bonchev–Trinajstić information content (AvgIpc) is 2.72. The van der Waals surface area contributed by atoms with E-state index in [-0.39, 0.29) is 6.04 Å². The molecule has 1 aromatic carbocycles. The van der Waals surface area contributed by atoms with Crippen LogP contribution >= 0.6 is 23.2 Å². The molecule has 0 aliphatic carbocycles. The molecule has 2 rings (SSSR count). The Morgan fingerprint density at radius 1 is 1.29 bits per heavy atom. The van der Waals surface area contributed by atoms with Gasteiger partial charge in [-0.1, -0.05) is 35.3 Å². The fourth-order valence-electron chi connectivity index (χ4n) is 1.73. The van der Waals surface area contributed by atoms with Crippen molar-refractivity contribution in [2.75, 3.05) is 0 Å². The van der Waals surface area contributed by atoms with Crippen molar-refractivity contribution < 1.29 is 4.42 Å². The molecule has 0 saturated heterocycles. The zero-order valence-electron chi connectivity index (χ0n) is 9.21. The second kappa shape index (κ2) is 5.10. The minimum absolute atomic E-state index is 0.309. The average molecular weight is 271 g/mol. The van der Waals surface area contributed by atoms with E-state index in [1.165, 1.54) is 0 Å². The normalized spacial score (nSPS) is 12.7. The van der Waals surface area contributed by atoms with Gasteiger partial charge in [-0.05, 0) is 30.2 Å². The van der Waals surface area contributed by atoms with Gasteiger partial charge in [0.05, 0.1) is 16.3 Å². The summed E-state index contributed by atoms with van der Waals surface area (Å²) in [6.45, 7) is 1.95. The predicted molar refractivity (Wildman–Crippen MR) is 69.1 cm³/mol. The van der Waals surface area contributed by atoms with Crippen LogP contribution in [-0.2, 0) is 0 Å². The van der Waals surface area contributed by atoms with Crippen LogP contribution < -0.4 is 11.3 Å². The highest BCUT2D eigenvalue weighted by Gasteiger charge is 2.21. The molecule has 0 spiro atoms. The number of hydrazine groups is 1. The van der Waals surface area contributed by atoms with Gasteiger partial charge in [0, 0.05) is 0 Å². The van der Waals surface area contributed by atoms with E-state index in [9.17, 15) is 0 Å². The van der Waals surface area contributed by atoms with Crippen molar-refractivity contribution in [1.82, 2.24) is 5.43 Å². The summed E-state index contributed by atoms with van der Waals surface area (Å²) in [6.07, 6.45) is 1.62. The number of hydrogen-bond donors (Lipinski definition) is 2. The van der Waals surface area contributed by atoms with E-state index < -0.39 is 0 Å². The van der Waals surface area contributed by atoms with Gasteiger partial charge in [-0.3, -0.25) is 5.84 Å². The molecular weight excluding hydrogens is 259 g/mol. The van der Waals surface area contributed by atoms with Crippen LogP contribution in [0.5, 0.6) is 0 Å². The van der Waals surface area contributed by atoms with Crippen LogP contribution in [0.4, 0.5) is 0 Å². The number of hydrogen-bond acceptors (Lipinski definition) is 3. The number of furan rings is 1. The molecule has 0 radical (unpaired) electrons. The van der Waals surface area contributed by atoms with E-state index in [4.69, 9.17) is 33.5 Å². The highest BCUT2D eigenvalue weighted by molar-refractivity contribution is 6.42. The molecule has 1 aromatic heterocycles. The maximum absolute atomic E-state index is 6.17. The Labute approximate surface area is 109 Å². The summed E-state index contributed by atoms with van der Waals surface area (Å²) >= 11 is 12.2. The second-order valence-electron chi connectivity index (χ2n) is 3.71. The summed E-state index contributed by atoms with van der Waals surface area (Å²) < 4.78 is 5.42. The van der Waals surface area contributed by atoms with Gasteiger partial charge >= 0.3 is 0 Å². The third kappa shape index (κ3) is 2.33. The number of benzene rings is 1. The Morgan fingerprint density at radius 3 is 2.65 bits per heavy atom. The first-order valence-electron chi connectivity index (χ1n) is 5.09. The van der Waals surface area contributed by atoms with Crippen LogP contribution in [0.1, 0.15) is 22.9 Å². The summed E-state index contributed by atoms with van der Waals surface area (Å²) in [7, 11) is 0. The minimum atomic E-state index is -0.309. The fraction of sp³-hybridized carbons (Fsp3) is 0.167. The molecule has 0 bridgehead atoms. The number of nitrogens with one attached hydrogen (secondary N) is 1. The number of halogens is 2. The van der Waals surface area contributed by atoms with Gasteiger partial charge in [0.25, 0.3) is 0 Å². The molecule has 0 saturated carbocycles. The Balaban J connectivity index is 2.50. The van der Waals surface area contributed by atoms with Gasteiger partial charge in [0.2, 0.25) is 0 Å². The Kier molecular flexibility index (Phi) is 3.74. The van der Waals surface area contributed by atoms with Gasteiger partial charge < -0.3 is 4.42 Å². The maximum atomic E-state index is 6.17. The number of nitrogens with two attached hydrogens (primary N) is 1. The molecule has 1 unspecified atom stereocenters. The molecule has 5 heteroatoms. The molecule has 0 aliphatic heterocycles. The molecule has 2 aromatic rings. The largest absolute Gasteiger partial charge is 0.467 e.